The molecule has 0 spiro atoms. The Balaban J connectivity index is 1.89. The summed E-state index contributed by atoms with van der Waals surface area (Å²) >= 11 is 0. The molecule has 0 fully saturated rings. The van der Waals surface area contributed by atoms with Crippen LogP contribution in [0.3, 0.4) is 0 Å². The molecule has 3 aromatic rings. The normalized spacial score (nSPS) is 12.7. The van der Waals surface area contributed by atoms with Gasteiger partial charge in [-0.25, -0.2) is 13.6 Å². The first kappa shape index (κ1) is 13.8. The third-order valence-corrected chi connectivity index (χ3v) is 4.32. The molecule has 1 atom stereocenters. The van der Waals surface area contributed by atoms with E-state index in [2.05, 4.69) is 4.98 Å². The van der Waals surface area contributed by atoms with Crippen molar-refractivity contribution in [2.75, 3.05) is 5.73 Å². The van der Waals surface area contributed by atoms with E-state index >= 15 is 0 Å². The Morgan fingerprint density at radius 1 is 1.29 bits per heavy atom. The third-order valence-electron chi connectivity index (χ3n) is 3.18. The van der Waals surface area contributed by atoms with Crippen molar-refractivity contribution in [1.82, 2.24) is 4.98 Å². The summed E-state index contributed by atoms with van der Waals surface area (Å²) in [6, 6.07) is 9.46. The Hall–Kier alpha value is -2.21. The van der Waals surface area contributed by atoms with Crippen LogP contribution in [-0.2, 0) is 16.6 Å². The van der Waals surface area contributed by atoms with Crippen LogP contribution in [0, 0.1) is 12.7 Å². The molecule has 1 aromatic heterocycles. The van der Waals surface area contributed by atoms with Gasteiger partial charge in [-0.05, 0) is 48.4 Å². The minimum atomic E-state index is -1.43. The highest BCUT2D eigenvalue weighted by Gasteiger charge is 2.15. The smallest absolute Gasteiger partial charge is 0.288 e. The number of benzene rings is 2. The SMILES string of the molecule is Cc1cc(F)ccc1CS(=O)c1nc2cc(N)ccc2o1. The van der Waals surface area contributed by atoms with Crippen molar-refractivity contribution >= 4 is 27.6 Å². The van der Waals surface area contributed by atoms with Crippen molar-refractivity contribution in [2.24, 2.45) is 0 Å². The molecule has 0 saturated carbocycles. The quantitative estimate of drug-likeness (QED) is 0.755. The number of aryl methyl sites for hydroxylation is 1. The number of rotatable bonds is 3. The molecule has 2 aromatic carbocycles. The van der Waals surface area contributed by atoms with Crippen molar-refractivity contribution in [3.8, 4) is 0 Å². The van der Waals surface area contributed by atoms with Crippen molar-refractivity contribution in [2.45, 2.75) is 17.9 Å². The van der Waals surface area contributed by atoms with Crippen LogP contribution >= 0.6 is 0 Å². The lowest BCUT2D eigenvalue weighted by Crippen LogP contribution is -1.99. The summed E-state index contributed by atoms with van der Waals surface area (Å²) in [5.74, 6) is -0.0756. The Kier molecular flexibility index (Phi) is 3.47. The topological polar surface area (TPSA) is 69.1 Å². The Morgan fingerprint density at radius 2 is 2.10 bits per heavy atom. The van der Waals surface area contributed by atoms with E-state index in [1.165, 1.54) is 12.1 Å². The second kappa shape index (κ2) is 5.29. The van der Waals surface area contributed by atoms with Gasteiger partial charge in [0, 0.05) is 5.69 Å². The van der Waals surface area contributed by atoms with Crippen molar-refractivity contribution in [3.63, 3.8) is 0 Å². The van der Waals surface area contributed by atoms with E-state index in [9.17, 15) is 8.60 Å². The molecule has 1 heterocycles. The number of aromatic nitrogens is 1. The van der Waals surface area contributed by atoms with E-state index in [-0.39, 0.29) is 16.8 Å². The molecule has 4 nitrogen and oxygen atoms in total. The maximum Gasteiger partial charge on any atom is 0.288 e. The van der Waals surface area contributed by atoms with Crippen LogP contribution in [0.2, 0.25) is 0 Å². The van der Waals surface area contributed by atoms with Gasteiger partial charge in [-0.3, -0.25) is 0 Å². The minimum absolute atomic E-state index is 0.152. The number of anilines is 1. The van der Waals surface area contributed by atoms with Gasteiger partial charge in [0.15, 0.2) is 5.58 Å². The molecule has 0 bridgehead atoms. The molecular weight excluding hydrogens is 291 g/mol. The Bertz CT molecular complexity index is 845. The zero-order valence-corrected chi connectivity index (χ0v) is 12.1. The van der Waals surface area contributed by atoms with Gasteiger partial charge in [0.25, 0.3) is 5.22 Å². The van der Waals surface area contributed by atoms with Crippen LogP contribution in [0.5, 0.6) is 0 Å². The van der Waals surface area contributed by atoms with Crippen LogP contribution in [-0.4, -0.2) is 9.19 Å². The molecule has 2 N–H and O–H groups in total. The summed E-state index contributed by atoms with van der Waals surface area (Å²) in [7, 11) is -1.43. The third kappa shape index (κ3) is 2.80. The standard InChI is InChI=1S/C15H13FN2O2S/c1-9-6-11(16)3-2-10(9)8-21(19)15-18-13-7-12(17)4-5-14(13)20-15/h2-7H,8,17H2,1H3. The van der Waals surface area contributed by atoms with Gasteiger partial charge in [-0.2, -0.15) is 0 Å². The van der Waals surface area contributed by atoms with Crippen LogP contribution in [0.25, 0.3) is 11.1 Å². The molecule has 6 heteroatoms. The molecule has 1 unspecified atom stereocenters. The molecular formula is C15H13FN2O2S. The molecule has 0 aliphatic heterocycles. The number of hydrogen-bond donors (Lipinski definition) is 1. The lowest BCUT2D eigenvalue weighted by molar-refractivity contribution is 0.477. The van der Waals surface area contributed by atoms with Gasteiger partial charge in [0.2, 0.25) is 0 Å². The first-order valence-electron chi connectivity index (χ1n) is 6.32. The van der Waals surface area contributed by atoms with Crippen molar-refractivity contribution < 1.29 is 13.0 Å². The highest BCUT2D eigenvalue weighted by molar-refractivity contribution is 7.84. The van der Waals surface area contributed by atoms with Crippen LogP contribution in [0.4, 0.5) is 10.1 Å². The number of hydrogen-bond acceptors (Lipinski definition) is 4. The van der Waals surface area contributed by atoms with E-state index in [0.29, 0.717) is 16.8 Å². The van der Waals surface area contributed by atoms with Gasteiger partial charge in [0.1, 0.15) is 22.1 Å². The summed E-state index contributed by atoms with van der Waals surface area (Å²) in [6.45, 7) is 1.78. The molecule has 0 saturated heterocycles. The van der Waals surface area contributed by atoms with Crippen LogP contribution < -0.4 is 5.73 Å². The fraction of sp³-hybridized carbons (Fsp3) is 0.133. The maximum atomic E-state index is 13.1. The molecule has 21 heavy (non-hydrogen) atoms. The summed E-state index contributed by atoms with van der Waals surface area (Å²) in [5.41, 5.74) is 8.92. The van der Waals surface area contributed by atoms with Crippen LogP contribution in [0.15, 0.2) is 46.0 Å². The Morgan fingerprint density at radius 3 is 2.86 bits per heavy atom. The largest absolute Gasteiger partial charge is 0.430 e. The van der Waals surface area contributed by atoms with Gasteiger partial charge in [-0.15, -0.1) is 0 Å². The number of fused-ring (bicyclic) bond motifs is 1. The molecule has 0 aliphatic rings. The fourth-order valence-corrected chi connectivity index (χ4v) is 3.16. The Labute approximate surface area is 123 Å². The minimum Gasteiger partial charge on any atom is -0.430 e. The van der Waals surface area contributed by atoms with Gasteiger partial charge >= 0.3 is 0 Å². The van der Waals surface area contributed by atoms with E-state index in [1.807, 2.05) is 0 Å². The number of nitrogen functional groups attached to an aromatic ring is 1. The van der Waals surface area contributed by atoms with Gasteiger partial charge < -0.3 is 10.2 Å². The van der Waals surface area contributed by atoms with E-state index < -0.39 is 10.8 Å². The second-order valence-electron chi connectivity index (χ2n) is 4.77. The number of halogens is 1. The average molecular weight is 304 g/mol. The number of nitrogens with zero attached hydrogens (tertiary/aromatic N) is 1. The summed E-state index contributed by atoms with van der Waals surface area (Å²) < 4.78 is 30.9. The second-order valence-corrected chi connectivity index (χ2v) is 6.10. The summed E-state index contributed by atoms with van der Waals surface area (Å²) in [5, 5.41) is 0.152. The summed E-state index contributed by atoms with van der Waals surface area (Å²) in [6.07, 6.45) is 0. The van der Waals surface area contributed by atoms with Gasteiger partial charge in [-0.1, -0.05) is 6.07 Å². The highest BCUT2D eigenvalue weighted by Crippen LogP contribution is 2.22. The van der Waals surface area contributed by atoms with Gasteiger partial charge in [0.05, 0.1) is 5.75 Å². The lowest BCUT2D eigenvalue weighted by atomic mass is 10.1. The van der Waals surface area contributed by atoms with E-state index in [1.54, 1.807) is 31.2 Å². The first-order chi connectivity index (χ1) is 10.0. The first-order valence-corrected chi connectivity index (χ1v) is 7.64. The fourth-order valence-electron chi connectivity index (χ4n) is 2.04. The van der Waals surface area contributed by atoms with Crippen molar-refractivity contribution in [3.05, 3.63) is 53.3 Å². The highest BCUT2D eigenvalue weighted by atomic mass is 32.2. The zero-order valence-electron chi connectivity index (χ0n) is 11.3. The van der Waals surface area contributed by atoms with Crippen LogP contribution in [0.1, 0.15) is 11.1 Å². The molecule has 3 rings (SSSR count). The van der Waals surface area contributed by atoms with E-state index in [4.69, 9.17) is 10.2 Å². The molecule has 0 radical (unpaired) electrons. The predicted octanol–water partition coefficient (Wildman–Crippen LogP) is 3.17. The summed E-state index contributed by atoms with van der Waals surface area (Å²) in [4.78, 5) is 4.20. The number of nitrogens with two attached hydrogens (primary N) is 1. The zero-order chi connectivity index (χ0) is 15.0. The lowest BCUT2D eigenvalue weighted by Gasteiger charge is -2.03. The average Bonchev–Trinajstić information content (AvgIpc) is 2.85. The molecule has 0 amide bonds. The van der Waals surface area contributed by atoms with E-state index in [0.717, 1.165) is 11.1 Å². The molecule has 0 aliphatic carbocycles. The number of oxazole rings is 1. The maximum absolute atomic E-state index is 13.1. The molecule has 108 valence electrons. The predicted molar refractivity (Wildman–Crippen MR) is 79.7 cm³/mol. The monoisotopic (exact) mass is 304 g/mol. The van der Waals surface area contributed by atoms with Crippen molar-refractivity contribution in [1.29, 1.82) is 0 Å².